The van der Waals surface area contributed by atoms with Crippen molar-refractivity contribution in [3.63, 3.8) is 0 Å². The molecule has 2 aromatic heterocycles. The molecular formula is C31H30F2N6O5. The van der Waals surface area contributed by atoms with E-state index in [1.165, 1.54) is 22.7 Å². The second kappa shape index (κ2) is 12.3. The molecule has 2 aliphatic heterocycles. The summed E-state index contributed by atoms with van der Waals surface area (Å²) in [5, 5.41) is 7.25. The Morgan fingerprint density at radius 3 is 2.70 bits per heavy atom. The number of imidazole rings is 1. The van der Waals surface area contributed by atoms with Crippen LogP contribution in [-0.4, -0.2) is 88.1 Å². The van der Waals surface area contributed by atoms with E-state index in [0.717, 1.165) is 23.8 Å². The summed E-state index contributed by atoms with van der Waals surface area (Å²) in [5.41, 5.74) is 1.76. The van der Waals surface area contributed by atoms with E-state index in [0.29, 0.717) is 23.6 Å². The molecule has 1 saturated heterocycles. The summed E-state index contributed by atoms with van der Waals surface area (Å²) in [6, 6.07) is 11.4. The van der Waals surface area contributed by atoms with E-state index >= 15 is 0 Å². The number of amides is 3. The fraction of sp³-hybridized carbons (Fsp3) is 0.323. The van der Waals surface area contributed by atoms with Crippen molar-refractivity contribution in [2.75, 3.05) is 39.9 Å². The Bertz CT molecular complexity index is 1710. The van der Waals surface area contributed by atoms with Gasteiger partial charge >= 0.3 is 0 Å². The zero-order chi connectivity index (χ0) is 30.8. The first-order valence-electron chi connectivity index (χ1n) is 14.2. The molecule has 6 rings (SSSR count). The molecule has 0 aliphatic carbocycles. The molecule has 11 nitrogen and oxygen atoms in total. The van der Waals surface area contributed by atoms with Crippen molar-refractivity contribution in [3.05, 3.63) is 89.4 Å². The first-order chi connectivity index (χ1) is 21.3. The van der Waals surface area contributed by atoms with Gasteiger partial charge in [0, 0.05) is 37.8 Å². The number of nitrogens with zero attached hydrogens (tertiary/aromatic N) is 5. The van der Waals surface area contributed by atoms with Crippen molar-refractivity contribution in [1.82, 2.24) is 29.7 Å². The summed E-state index contributed by atoms with van der Waals surface area (Å²) in [4.78, 5) is 47.6. The lowest BCUT2D eigenvalue weighted by Gasteiger charge is -2.24. The first-order valence-corrected chi connectivity index (χ1v) is 14.2. The molecule has 228 valence electrons. The van der Waals surface area contributed by atoms with Crippen LogP contribution in [0.1, 0.15) is 34.0 Å². The Balaban J connectivity index is 1.27. The van der Waals surface area contributed by atoms with E-state index in [1.54, 1.807) is 29.3 Å². The molecule has 0 saturated carbocycles. The Morgan fingerprint density at radius 2 is 1.91 bits per heavy atom. The summed E-state index contributed by atoms with van der Waals surface area (Å²) < 4.78 is 40.5. The third-order valence-corrected chi connectivity index (χ3v) is 7.86. The maximum atomic E-state index is 13.8. The average Bonchev–Trinajstić information content (AvgIpc) is 3.62. The zero-order valence-electron chi connectivity index (χ0n) is 23.9. The molecule has 4 aromatic rings. The third kappa shape index (κ3) is 6.03. The summed E-state index contributed by atoms with van der Waals surface area (Å²) in [6.07, 6.45) is 3.21. The van der Waals surface area contributed by atoms with E-state index in [2.05, 4.69) is 15.4 Å². The van der Waals surface area contributed by atoms with Gasteiger partial charge in [0.15, 0.2) is 22.8 Å². The standard InChI is InChI=1S/C31H30F2N6O5/c1-43-26-6-5-20-13-27(26)44-9-3-8-37(31(42)25-15-34-28-4-2-7-35-39(25)28)18-29(40)36-24-17-38(16-23(20)24)30(41)12-19-10-21(32)14-22(33)11-19/h2,4-7,10-11,13-15,23-24H,3,8-9,12,16-18H2,1H3,(H,36,40)/t23-,24+/m1/s1. The molecule has 44 heavy (non-hydrogen) atoms. The third-order valence-electron chi connectivity index (χ3n) is 7.86. The molecule has 2 aliphatic rings. The fourth-order valence-corrected chi connectivity index (χ4v) is 5.78. The van der Waals surface area contributed by atoms with Gasteiger partial charge in [-0.2, -0.15) is 5.10 Å². The highest BCUT2D eigenvalue weighted by Crippen LogP contribution is 2.35. The highest BCUT2D eigenvalue weighted by Gasteiger charge is 2.38. The summed E-state index contributed by atoms with van der Waals surface area (Å²) >= 11 is 0. The maximum Gasteiger partial charge on any atom is 0.274 e. The van der Waals surface area contributed by atoms with Gasteiger partial charge in [-0.25, -0.2) is 18.3 Å². The van der Waals surface area contributed by atoms with Gasteiger partial charge in [0.2, 0.25) is 11.8 Å². The van der Waals surface area contributed by atoms with Crippen LogP contribution < -0.4 is 14.8 Å². The van der Waals surface area contributed by atoms with E-state index in [4.69, 9.17) is 9.47 Å². The van der Waals surface area contributed by atoms with Gasteiger partial charge in [0.05, 0.1) is 38.9 Å². The van der Waals surface area contributed by atoms with Crippen LogP contribution in [0.4, 0.5) is 8.78 Å². The van der Waals surface area contributed by atoms with Crippen molar-refractivity contribution < 1.29 is 32.6 Å². The van der Waals surface area contributed by atoms with Crippen LogP contribution in [0.25, 0.3) is 5.65 Å². The topological polar surface area (TPSA) is 118 Å². The lowest BCUT2D eigenvalue weighted by molar-refractivity contribution is -0.130. The van der Waals surface area contributed by atoms with E-state index in [-0.39, 0.29) is 62.3 Å². The second-order valence-electron chi connectivity index (χ2n) is 10.8. The molecule has 2 aromatic carbocycles. The Hall–Kier alpha value is -5.07. The molecule has 13 heteroatoms. The Kier molecular flexibility index (Phi) is 8.09. The van der Waals surface area contributed by atoms with Gasteiger partial charge < -0.3 is 24.6 Å². The number of aromatic nitrogens is 3. The predicted octanol–water partition coefficient (Wildman–Crippen LogP) is 2.59. The molecule has 0 radical (unpaired) electrons. The normalized spacial score (nSPS) is 18.8. The Labute approximate surface area is 251 Å². The lowest BCUT2D eigenvalue weighted by Crippen LogP contribution is -2.47. The summed E-state index contributed by atoms with van der Waals surface area (Å²) in [6.45, 7) is 0.653. The number of hydrogen-bond acceptors (Lipinski definition) is 7. The minimum Gasteiger partial charge on any atom is -0.493 e. The molecule has 4 heterocycles. The number of benzene rings is 2. The number of fused-ring (bicyclic) bond motifs is 5. The number of halogens is 2. The molecule has 0 spiro atoms. The van der Waals surface area contributed by atoms with Gasteiger partial charge in [0.25, 0.3) is 5.91 Å². The number of carbonyl (C=O) groups is 3. The van der Waals surface area contributed by atoms with E-state index in [9.17, 15) is 23.2 Å². The molecule has 2 bridgehead atoms. The van der Waals surface area contributed by atoms with Gasteiger partial charge in [-0.3, -0.25) is 14.4 Å². The molecule has 1 N–H and O–H groups in total. The lowest BCUT2D eigenvalue weighted by atomic mass is 9.94. The van der Waals surface area contributed by atoms with Crippen LogP contribution in [0.5, 0.6) is 11.5 Å². The molecule has 0 unspecified atom stereocenters. The van der Waals surface area contributed by atoms with Crippen LogP contribution in [0, 0.1) is 11.6 Å². The van der Waals surface area contributed by atoms with Crippen LogP contribution in [0.3, 0.4) is 0 Å². The van der Waals surface area contributed by atoms with Gasteiger partial charge in [-0.15, -0.1) is 0 Å². The number of nitrogens with one attached hydrogen (secondary N) is 1. The number of carbonyl (C=O) groups excluding carboxylic acids is 3. The number of methoxy groups -OCH3 is 1. The predicted molar refractivity (Wildman–Crippen MR) is 153 cm³/mol. The first kappa shape index (κ1) is 29.0. The maximum absolute atomic E-state index is 13.8. The van der Waals surface area contributed by atoms with E-state index < -0.39 is 29.5 Å². The largest absolute Gasteiger partial charge is 0.493 e. The summed E-state index contributed by atoms with van der Waals surface area (Å²) in [7, 11) is 1.54. The number of ether oxygens (including phenoxy) is 2. The minimum absolute atomic E-state index is 0.167. The highest BCUT2D eigenvalue weighted by atomic mass is 19.1. The quantitative estimate of drug-likeness (QED) is 0.381. The van der Waals surface area contributed by atoms with Crippen LogP contribution >= 0.6 is 0 Å². The van der Waals surface area contributed by atoms with Gasteiger partial charge in [-0.05, 0) is 53.9 Å². The molecule has 2 atom stereocenters. The van der Waals surface area contributed by atoms with Crippen LogP contribution in [0.15, 0.2) is 60.9 Å². The van der Waals surface area contributed by atoms with Crippen molar-refractivity contribution >= 4 is 23.4 Å². The average molecular weight is 605 g/mol. The highest BCUT2D eigenvalue weighted by molar-refractivity contribution is 5.95. The SMILES string of the molecule is COc1ccc2cc1OCCCN(C(=O)c1cnc3cccnn13)CC(=O)N[C@H]1CN(C(=O)Cc3cc(F)cc(F)c3)C[C@H]21. The van der Waals surface area contributed by atoms with Crippen molar-refractivity contribution in [3.8, 4) is 11.5 Å². The van der Waals surface area contributed by atoms with E-state index in [1.807, 2.05) is 12.1 Å². The summed E-state index contributed by atoms with van der Waals surface area (Å²) in [5.74, 6) is -1.97. The van der Waals surface area contributed by atoms with Crippen LogP contribution in [0.2, 0.25) is 0 Å². The second-order valence-corrected chi connectivity index (χ2v) is 10.8. The smallest absolute Gasteiger partial charge is 0.274 e. The minimum atomic E-state index is -0.761. The van der Waals surface area contributed by atoms with Crippen molar-refractivity contribution in [2.45, 2.75) is 24.8 Å². The number of hydrogen-bond donors (Lipinski definition) is 1. The van der Waals surface area contributed by atoms with Crippen molar-refractivity contribution in [1.29, 1.82) is 0 Å². The monoisotopic (exact) mass is 604 g/mol. The molecule has 3 amide bonds. The fourth-order valence-electron chi connectivity index (χ4n) is 5.78. The van der Waals surface area contributed by atoms with Crippen molar-refractivity contribution in [2.24, 2.45) is 0 Å². The molecule has 1 fully saturated rings. The number of likely N-dealkylation sites (tertiary alicyclic amines) is 1. The van der Waals surface area contributed by atoms with Crippen LogP contribution in [-0.2, 0) is 16.0 Å². The van der Waals surface area contributed by atoms with Gasteiger partial charge in [0.1, 0.15) is 11.6 Å². The zero-order valence-corrected chi connectivity index (χ0v) is 23.9. The molecular weight excluding hydrogens is 574 g/mol. The Morgan fingerprint density at radius 1 is 1.09 bits per heavy atom. The van der Waals surface area contributed by atoms with Gasteiger partial charge in [-0.1, -0.05) is 6.07 Å². The number of rotatable bonds is 4.